The Morgan fingerprint density at radius 1 is 0.882 bits per heavy atom. The molecule has 0 aliphatic heterocycles. The molecule has 0 spiro atoms. The van der Waals surface area contributed by atoms with Gasteiger partial charge in [-0.2, -0.15) is 0 Å². The maximum absolute atomic E-state index is 12.8. The highest BCUT2D eigenvalue weighted by Crippen LogP contribution is 2.75. The molecule has 0 amide bonds. The van der Waals surface area contributed by atoms with Gasteiger partial charge >= 0.3 is 5.97 Å². The number of carboxylic acids is 1. The van der Waals surface area contributed by atoms with Gasteiger partial charge in [0.2, 0.25) is 0 Å². The Morgan fingerprint density at radius 3 is 2.18 bits per heavy atom. The van der Waals surface area contributed by atoms with E-state index in [9.17, 15) is 20.1 Å². The third-order valence-corrected chi connectivity index (χ3v) is 13.0. The van der Waals surface area contributed by atoms with Gasteiger partial charge in [-0.15, -0.1) is 0 Å². The average Bonchev–Trinajstić information content (AvgIpc) is 2.72. The second-order valence-electron chi connectivity index (χ2n) is 15.2. The molecule has 0 aromatic carbocycles. The molecule has 3 unspecified atom stereocenters. The van der Waals surface area contributed by atoms with Gasteiger partial charge in [-0.25, -0.2) is 0 Å². The minimum Gasteiger partial charge on any atom is -0.481 e. The van der Waals surface area contributed by atoms with Gasteiger partial charge in [-0.05, 0) is 103 Å². The highest BCUT2D eigenvalue weighted by atomic mass is 16.4. The van der Waals surface area contributed by atoms with E-state index in [0.29, 0.717) is 18.3 Å². The van der Waals surface area contributed by atoms with E-state index in [-0.39, 0.29) is 33.0 Å². The second-order valence-corrected chi connectivity index (χ2v) is 15.2. The number of aliphatic carboxylic acids is 1. The summed E-state index contributed by atoms with van der Waals surface area (Å²) in [5.41, 5.74) is 0.754. The molecule has 0 aromatic rings. The molecule has 5 aliphatic carbocycles. The molecule has 0 saturated heterocycles. The van der Waals surface area contributed by atoms with Crippen molar-refractivity contribution in [2.45, 2.75) is 118 Å². The van der Waals surface area contributed by atoms with Crippen LogP contribution in [0.2, 0.25) is 0 Å². The predicted octanol–water partition coefficient (Wildman–Crippen LogP) is 6.20. The minimum absolute atomic E-state index is 0.00785. The van der Waals surface area contributed by atoms with Crippen LogP contribution in [0, 0.1) is 50.2 Å². The normalized spacial score (nSPS) is 53.4. The van der Waals surface area contributed by atoms with E-state index in [0.717, 1.165) is 51.4 Å². The van der Waals surface area contributed by atoms with E-state index in [2.05, 4.69) is 54.5 Å². The van der Waals surface area contributed by atoms with Crippen molar-refractivity contribution in [2.75, 3.05) is 0 Å². The van der Waals surface area contributed by atoms with Crippen molar-refractivity contribution in [3.63, 3.8) is 0 Å². The summed E-state index contributed by atoms with van der Waals surface area (Å²) in [5.74, 6) is 0.365. The molecule has 0 aromatic heterocycles. The molecule has 4 saturated carbocycles. The van der Waals surface area contributed by atoms with Crippen molar-refractivity contribution in [3.8, 4) is 0 Å². The molecule has 3 N–H and O–H groups in total. The van der Waals surface area contributed by atoms with Crippen LogP contribution in [0.3, 0.4) is 0 Å². The Morgan fingerprint density at radius 2 is 1.53 bits per heavy atom. The number of aliphatic hydroxyl groups is 2. The predicted molar refractivity (Wildman–Crippen MR) is 134 cm³/mol. The molecule has 4 fully saturated rings. The van der Waals surface area contributed by atoms with Gasteiger partial charge in [0.25, 0.3) is 0 Å². The van der Waals surface area contributed by atoms with E-state index in [1.54, 1.807) is 0 Å². The summed E-state index contributed by atoms with van der Waals surface area (Å²) in [6, 6.07) is 0. The monoisotopic (exact) mass is 472 g/mol. The topological polar surface area (TPSA) is 77.8 Å². The average molecular weight is 473 g/mol. The Hall–Kier alpha value is -0.870. The lowest BCUT2D eigenvalue weighted by Gasteiger charge is -2.71. The van der Waals surface area contributed by atoms with Gasteiger partial charge in [0.1, 0.15) is 0 Å². The van der Waals surface area contributed by atoms with Crippen LogP contribution >= 0.6 is 0 Å². The van der Waals surface area contributed by atoms with Gasteiger partial charge in [-0.3, -0.25) is 4.79 Å². The number of fused-ring (bicyclic) bond motifs is 7. The lowest BCUT2D eigenvalue weighted by Crippen LogP contribution is -2.67. The Bertz CT molecular complexity index is 919. The largest absolute Gasteiger partial charge is 0.481 e. The Labute approximate surface area is 206 Å². The smallest absolute Gasteiger partial charge is 0.310 e. The van der Waals surface area contributed by atoms with Crippen molar-refractivity contribution in [3.05, 3.63) is 11.6 Å². The molecule has 4 heteroatoms. The van der Waals surface area contributed by atoms with Crippen LogP contribution in [-0.4, -0.2) is 33.5 Å². The van der Waals surface area contributed by atoms with E-state index in [1.807, 2.05) is 0 Å². The summed E-state index contributed by atoms with van der Waals surface area (Å²) in [4.78, 5) is 12.8. The quantitative estimate of drug-likeness (QED) is 0.397. The first-order chi connectivity index (χ1) is 15.6. The zero-order valence-electron chi connectivity index (χ0n) is 22.6. The van der Waals surface area contributed by atoms with Crippen LogP contribution in [0.5, 0.6) is 0 Å². The van der Waals surface area contributed by atoms with Gasteiger partial charge in [0.15, 0.2) is 0 Å². The zero-order chi connectivity index (χ0) is 25.1. The van der Waals surface area contributed by atoms with E-state index < -0.39 is 23.6 Å². The highest BCUT2D eigenvalue weighted by molar-refractivity contribution is 5.76. The summed E-state index contributed by atoms with van der Waals surface area (Å²) >= 11 is 0. The molecule has 0 radical (unpaired) electrons. The Balaban J connectivity index is 1.61. The van der Waals surface area contributed by atoms with Crippen molar-refractivity contribution < 1.29 is 20.1 Å². The van der Waals surface area contributed by atoms with Crippen LogP contribution in [-0.2, 0) is 4.79 Å². The number of carboxylic acid groups (broad SMARTS) is 1. The number of hydrogen-bond acceptors (Lipinski definition) is 3. The molecular formula is C30H48O4. The molecular weight excluding hydrogens is 424 g/mol. The molecule has 34 heavy (non-hydrogen) atoms. The number of allylic oxidation sites excluding steroid dienone is 2. The summed E-state index contributed by atoms with van der Waals surface area (Å²) < 4.78 is 0. The van der Waals surface area contributed by atoms with Gasteiger partial charge in [-0.1, -0.05) is 60.1 Å². The molecule has 0 bridgehead atoms. The van der Waals surface area contributed by atoms with Crippen LogP contribution in [0.15, 0.2) is 11.6 Å². The molecule has 9 atom stereocenters. The Kier molecular flexibility index (Phi) is 5.20. The van der Waals surface area contributed by atoms with Gasteiger partial charge in [0, 0.05) is 0 Å². The van der Waals surface area contributed by atoms with E-state index >= 15 is 0 Å². The minimum atomic E-state index is -0.679. The fourth-order valence-corrected chi connectivity index (χ4v) is 10.8. The molecule has 4 nitrogen and oxygen atoms in total. The SMILES string of the molecule is CC1(C)CC[C@]2(C(=O)O)CC[C@]3(C)C(=CCC4[C@@]5(C)C[C@H](O)[C@H](O)C(C)(C)C5CC[C@]43C)C2C1. The lowest BCUT2D eigenvalue weighted by molar-refractivity contribution is -0.231. The van der Waals surface area contributed by atoms with Gasteiger partial charge < -0.3 is 15.3 Å². The van der Waals surface area contributed by atoms with Crippen LogP contribution in [0.25, 0.3) is 0 Å². The fourth-order valence-electron chi connectivity index (χ4n) is 10.8. The zero-order valence-corrected chi connectivity index (χ0v) is 22.6. The molecule has 0 heterocycles. The standard InChI is InChI=1S/C30H48O4/c1-25(2)12-14-30(24(33)34)15-13-28(6)18(19(30)16-25)8-9-22-27(5)17-20(31)23(32)26(3,4)21(27)10-11-29(22,28)7/h8,19-23,31-32H,9-17H2,1-7H3,(H,33,34)/t19?,20-,21?,22?,23-,27-,28+,29+,30-/m0/s1. The van der Waals surface area contributed by atoms with Crippen molar-refractivity contribution >= 4 is 5.97 Å². The molecule has 5 aliphatic rings. The van der Waals surface area contributed by atoms with Crippen molar-refractivity contribution in [1.29, 1.82) is 0 Å². The molecule has 192 valence electrons. The van der Waals surface area contributed by atoms with Crippen molar-refractivity contribution in [2.24, 2.45) is 50.2 Å². The molecule has 5 rings (SSSR count). The second kappa shape index (κ2) is 7.12. The first-order valence-corrected chi connectivity index (χ1v) is 13.9. The number of hydrogen-bond donors (Lipinski definition) is 3. The number of aliphatic hydroxyl groups excluding tert-OH is 2. The summed E-state index contributed by atoms with van der Waals surface area (Å²) in [6.07, 6.45) is 9.45. The first kappa shape index (κ1) is 24.8. The van der Waals surface area contributed by atoms with Crippen LogP contribution in [0.1, 0.15) is 106 Å². The summed E-state index contributed by atoms with van der Waals surface area (Å²) in [6.45, 7) is 16.3. The van der Waals surface area contributed by atoms with Crippen molar-refractivity contribution in [1.82, 2.24) is 0 Å². The number of carbonyl (C=O) groups is 1. The van der Waals surface area contributed by atoms with Crippen LogP contribution < -0.4 is 0 Å². The highest BCUT2D eigenvalue weighted by Gasteiger charge is 2.70. The first-order valence-electron chi connectivity index (χ1n) is 13.9. The summed E-state index contributed by atoms with van der Waals surface area (Å²) in [7, 11) is 0. The maximum Gasteiger partial charge on any atom is 0.310 e. The third kappa shape index (κ3) is 2.88. The van der Waals surface area contributed by atoms with E-state index in [4.69, 9.17) is 0 Å². The van der Waals surface area contributed by atoms with Crippen LogP contribution in [0.4, 0.5) is 0 Å². The fraction of sp³-hybridized carbons (Fsp3) is 0.900. The van der Waals surface area contributed by atoms with E-state index in [1.165, 1.54) is 5.57 Å². The third-order valence-electron chi connectivity index (χ3n) is 13.0. The maximum atomic E-state index is 12.8. The summed E-state index contributed by atoms with van der Waals surface area (Å²) in [5, 5.41) is 32.4. The lowest BCUT2D eigenvalue weighted by atomic mass is 9.33. The number of rotatable bonds is 1. The van der Waals surface area contributed by atoms with Gasteiger partial charge in [0.05, 0.1) is 17.6 Å².